The van der Waals surface area contributed by atoms with Crippen molar-refractivity contribution in [1.82, 2.24) is 25.1 Å². The maximum atomic E-state index is 13.8. The molecule has 0 radical (unpaired) electrons. The van der Waals surface area contributed by atoms with E-state index in [1.54, 1.807) is 15.9 Å². The van der Waals surface area contributed by atoms with Crippen molar-refractivity contribution in [2.45, 2.75) is 52.0 Å². The normalized spacial score (nSPS) is 21.1. The topological polar surface area (TPSA) is 134 Å². The molecule has 3 aliphatic rings. The lowest BCUT2D eigenvalue weighted by Gasteiger charge is -2.36. The third-order valence-electron chi connectivity index (χ3n) is 8.99. The number of methoxy groups -OCH3 is 1. The molecule has 2 saturated heterocycles. The van der Waals surface area contributed by atoms with Gasteiger partial charge in [0, 0.05) is 50.9 Å². The number of rotatable bonds is 12. The van der Waals surface area contributed by atoms with E-state index in [4.69, 9.17) is 14.5 Å². The molecule has 1 aromatic heterocycles. The van der Waals surface area contributed by atoms with Crippen molar-refractivity contribution in [2.24, 2.45) is 17.8 Å². The fourth-order valence-corrected chi connectivity index (χ4v) is 6.25. The van der Waals surface area contributed by atoms with Gasteiger partial charge in [-0.2, -0.15) is 0 Å². The molecular formula is C33H44N6O6. The highest BCUT2D eigenvalue weighted by Gasteiger charge is 2.60. The molecule has 45 heavy (non-hydrogen) atoms. The van der Waals surface area contributed by atoms with Gasteiger partial charge in [0.2, 0.25) is 5.91 Å². The zero-order chi connectivity index (χ0) is 31.9. The van der Waals surface area contributed by atoms with Crippen LogP contribution in [0.3, 0.4) is 0 Å². The molecule has 4 atom stereocenters. The summed E-state index contributed by atoms with van der Waals surface area (Å²) >= 11 is 0. The standard InChI is InChI=1S/C33H44N6O6/c1-4-6-13-25(31(41)37-14-16-38(17-15-37)33(43)45-18-7-5-2)35-30(40)26-19-27(36-29(34-26)22-11-9-8-10-12-22)39-20-23-24(21-39)28(23)32(42)44-3/h8-12,19,23-25,28H,4-7,13-18,20-21H2,1-3H3,(H,35,40)/t23-,24+,25-,28?/m0/s1. The van der Waals surface area contributed by atoms with Crippen LogP contribution >= 0.6 is 0 Å². The first-order chi connectivity index (χ1) is 21.8. The van der Waals surface area contributed by atoms with E-state index >= 15 is 0 Å². The number of carbonyl (C=O) groups excluding carboxylic acids is 4. The molecule has 1 saturated carbocycles. The highest BCUT2D eigenvalue weighted by atomic mass is 16.6. The van der Waals surface area contributed by atoms with Crippen LogP contribution in [0.4, 0.5) is 10.6 Å². The number of esters is 1. The average molecular weight is 621 g/mol. The minimum Gasteiger partial charge on any atom is -0.469 e. The molecular weight excluding hydrogens is 576 g/mol. The van der Waals surface area contributed by atoms with Crippen LogP contribution in [0, 0.1) is 17.8 Å². The fraction of sp³-hybridized carbons (Fsp3) is 0.576. The summed E-state index contributed by atoms with van der Waals surface area (Å²) in [5.74, 6) is 0.586. The number of ether oxygens (including phenoxy) is 2. The van der Waals surface area contributed by atoms with E-state index in [-0.39, 0.29) is 41.4 Å². The van der Waals surface area contributed by atoms with Crippen LogP contribution in [-0.2, 0) is 19.1 Å². The Bertz CT molecular complexity index is 1350. The van der Waals surface area contributed by atoms with Crippen LogP contribution in [0.5, 0.6) is 0 Å². The molecule has 5 rings (SSSR count). The van der Waals surface area contributed by atoms with E-state index in [2.05, 4.69) is 15.2 Å². The molecule has 0 spiro atoms. The van der Waals surface area contributed by atoms with E-state index in [1.165, 1.54) is 7.11 Å². The minimum atomic E-state index is -0.723. The molecule has 242 valence electrons. The van der Waals surface area contributed by atoms with Crippen molar-refractivity contribution < 1.29 is 28.7 Å². The first-order valence-corrected chi connectivity index (χ1v) is 16.1. The fourth-order valence-electron chi connectivity index (χ4n) is 6.25. The second-order valence-corrected chi connectivity index (χ2v) is 12.0. The number of hydrogen-bond donors (Lipinski definition) is 1. The molecule has 12 nitrogen and oxygen atoms in total. The Morgan fingerprint density at radius 2 is 1.60 bits per heavy atom. The van der Waals surface area contributed by atoms with Gasteiger partial charge < -0.3 is 29.5 Å². The van der Waals surface area contributed by atoms with Gasteiger partial charge in [-0.25, -0.2) is 14.8 Å². The van der Waals surface area contributed by atoms with Gasteiger partial charge in [-0.05, 0) is 24.7 Å². The monoisotopic (exact) mass is 620 g/mol. The van der Waals surface area contributed by atoms with Gasteiger partial charge in [0.05, 0.1) is 19.6 Å². The number of anilines is 1. The second-order valence-electron chi connectivity index (χ2n) is 12.0. The summed E-state index contributed by atoms with van der Waals surface area (Å²) in [4.78, 5) is 66.7. The Hall–Kier alpha value is -4.22. The van der Waals surface area contributed by atoms with Gasteiger partial charge >= 0.3 is 12.1 Å². The van der Waals surface area contributed by atoms with Gasteiger partial charge in [0.15, 0.2) is 5.82 Å². The molecule has 3 amide bonds. The zero-order valence-electron chi connectivity index (χ0n) is 26.4. The first kappa shape index (κ1) is 32.2. The van der Waals surface area contributed by atoms with Crippen molar-refractivity contribution >= 4 is 29.7 Å². The Morgan fingerprint density at radius 1 is 0.933 bits per heavy atom. The number of nitrogens with one attached hydrogen (secondary N) is 1. The zero-order valence-corrected chi connectivity index (χ0v) is 26.4. The van der Waals surface area contributed by atoms with Crippen LogP contribution in [0.2, 0.25) is 0 Å². The molecule has 0 bridgehead atoms. The summed E-state index contributed by atoms with van der Waals surface area (Å²) in [5.41, 5.74) is 0.952. The predicted octanol–water partition coefficient (Wildman–Crippen LogP) is 3.37. The van der Waals surface area contributed by atoms with Crippen molar-refractivity contribution in [3.63, 3.8) is 0 Å². The molecule has 3 fully saturated rings. The summed E-state index contributed by atoms with van der Waals surface area (Å²) in [6, 6.07) is 10.4. The molecule has 12 heteroatoms. The Labute approximate surface area is 264 Å². The summed E-state index contributed by atoms with van der Waals surface area (Å²) in [7, 11) is 1.42. The van der Waals surface area contributed by atoms with Crippen LogP contribution in [0.15, 0.2) is 36.4 Å². The third-order valence-corrected chi connectivity index (χ3v) is 8.99. The molecule has 1 N–H and O–H groups in total. The molecule has 2 aromatic rings. The van der Waals surface area contributed by atoms with Gasteiger partial charge in [-0.3, -0.25) is 14.4 Å². The Morgan fingerprint density at radius 3 is 2.24 bits per heavy atom. The van der Waals surface area contributed by atoms with E-state index in [9.17, 15) is 19.2 Å². The van der Waals surface area contributed by atoms with Crippen molar-refractivity contribution in [3.8, 4) is 11.4 Å². The van der Waals surface area contributed by atoms with Gasteiger partial charge in [0.1, 0.15) is 17.6 Å². The number of nitrogens with zero attached hydrogens (tertiary/aromatic N) is 5. The maximum Gasteiger partial charge on any atom is 0.409 e. The number of carbonyl (C=O) groups is 4. The lowest BCUT2D eigenvalue weighted by atomic mass is 10.1. The van der Waals surface area contributed by atoms with Gasteiger partial charge in [-0.15, -0.1) is 0 Å². The summed E-state index contributed by atoms with van der Waals surface area (Å²) < 4.78 is 10.3. The van der Waals surface area contributed by atoms with Crippen molar-refractivity contribution in [3.05, 3.63) is 42.1 Å². The van der Waals surface area contributed by atoms with Crippen LogP contribution in [-0.4, -0.2) is 103 Å². The summed E-state index contributed by atoms with van der Waals surface area (Å²) in [6.07, 6.45) is 3.55. The minimum absolute atomic E-state index is 0.0802. The van der Waals surface area contributed by atoms with Crippen LogP contribution in [0.25, 0.3) is 11.4 Å². The number of piperidine rings is 1. The van der Waals surface area contributed by atoms with Gasteiger partial charge in [0.25, 0.3) is 5.91 Å². The van der Waals surface area contributed by atoms with Crippen molar-refractivity contribution in [2.75, 3.05) is 57.9 Å². The van der Waals surface area contributed by atoms with E-state index < -0.39 is 11.9 Å². The third kappa shape index (κ3) is 7.54. The number of unbranched alkanes of at least 4 members (excludes halogenated alkanes) is 2. The van der Waals surface area contributed by atoms with Crippen molar-refractivity contribution in [1.29, 1.82) is 0 Å². The van der Waals surface area contributed by atoms with Crippen LogP contribution in [0.1, 0.15) is 56.4 Å². The molecule has 1 unspecified atom stereocenters. The van der Waals surface area contributed by atoms with Gasteiger partial charge in [-0.1, -0.05) is 63.4 Å². The van der Waals surface area contributed by atoms with E-state index in [1.807, 2.05) is 44.2 Å². The molecule has 1 aromatic carbocycles. The predicted molar refractivity (Wildman–Crippen MR) is 167 cm³/mol. The number of piperazine rings is 1. The Balaban J connectivity index is 1.29. The van der Waals surface area contributed by atoms with E-state index in [0.29, 0.717) is 63.9 Å². The lowest BCUT2D eigenvalue weighted by Crippen LogP contribution is -2.56. The Kier molecular flexibility index (Phi) is 10.5. The summed E-state index contributed by atoms with van der Waals surface area (Å²) in [6.45, 7) is 7.28. The highest BCUT2D eigenvalue weighted by Crippen LogP contribution is 2.53. The smallest absolute Gasteiger partial charge is 0.409 e. The number of benzene rings is 1. The SMILES string of the molecule is CCCCOC(=O)N1CCN(C(=O)[C@H](CCCC)NC(=O)c2cc(N3C[C@@H]4C(C(=O)OC)[C@@H]4C3)nc(-c3ccccc3)n2)CC1. The summed E-state index contributed by atoms with van der Waals surface area (Å²) in [5, 5.41) is 2.97. The highest BCUT2D eigenvalue weighted by molar-refractivity contribution is 5.97. The van der Waals surface area contributed by atoms with E-state index in [0.717, 1.165) is 31.2 Å². The number of aromatic nitrogens is 2. The molecule has 1 aliphatic carbocycles. The van der Waals surface area contributed by atoms with Crippen LogP contribution < -0.4 is 10.2 Å². The number of hydrogen-bond acceptors (Lipinski definition) is 9. The second kappa shape index (κ2) is 14.7. The average Bonchev–Trinajstić information content (AvgIpc) is 3.58. The first-order valence-electron chi connectivity index (χ1n) is 16.1. The largest absolute Gasteiger partial charge is 0.469 e. The molecule has 3 heterocycles. The maximum absolute atomic E-state index is 13.8. The number of amides is 3. The lowest BCUT2D eigenvalue weighted by molar-refractivity contribution is -0.143. The number of fused-ring (bicyclic) bond motifs is 1. The quantitative estimate of drug-likeness (QED) is 0.280. The molecule has 2 aliphatic heterocycles.